The van der Waals surface area contributed by atoms with Crippen molar-refractivity contribution >= 4 is 22.4 Å². The Hall–Kier alpha value is -2.99. The first-order valence-corrected chi connectivity index (χ1v) is 10.5. The maximum Gasteiger partial charge on any atom is 0.291 e. The smallest absolute Gasteiger partial charge is 0.291 e. The molecule has 6 heteroatoms. The minimum absolute atomic E-state index is 0.121. The third-order valence-corrected chi connectivity index (χ3v) is 5.53. The van der Waals surface area contributed by atoms with Gasteiger partial charge >= 0.3 is 0 Å². The topological polar surface area (TPSA) is 56.5 Å². The van der Waals surface area contributed by atoms with E-state index in [1.807, 2.05) is 56.3 Å². The first kappa shape index (κ1) is 19.3. The Kier molecular flexibility index (Phi) is 5.20. The molecule has 0 aliphatic heterocycles. The largest absolute Gasteiger partial charge is 0.491 e. The lowest BCUT2D eigenvalue weighted by atomic mass is 10.0. The number of hydrogen-bond donors (Lipinski definition) is 0. The third-order valence-electron chi connectivity index (χ3n) is 4.57. The summed E-state index contributed by atoms with van der Waals surface area (Å²) in [6.07, 6.45) is 2.02. The van der Waals surface area contributed by atoms with E-state index >= 15 is 0 Å². The summed E-state index contributed by atoms with van der Waals surface area (Å²) < 4.78 is 7.67. The van der Waals surface area contributed by atoms with E-state index in [4.69, 9.17) is 4.74 Å². The van der Waals surface area contributed by atoms with Crippen LogP contribution < -0.4 is 14.8 Å². The van der Waals surface area contributed by atoms with Crippen LogP contribution in [0, 0.1) is 0 Å². The molecule has 4 rings (SSSR count). The van der Waals surface area contributed by atoms with Gasteiger partial charge in [0.2, 0.25) is 4.96 Å². The van der Waals surface area contributed by atoms with Gasteiger partial charge in [0.05, 0.1) is 10.6 Å². The van der Waals surface area contributed by atoms with Crippen LogP contribution in [0.1, 0.15) is 44.7 Å². The van der Waals surface area contributed by atoms with Crippen LogP contribution in [0.25, 0.3) is 22.4 Å². The van der Waals surface area contributed by atoms with Crippen molar-refractivity contribution in [2.75, 3.05) is 0 Å². The summed E-state index contributed by atoms with van der Waals surface area (Å²) in [7, 11) is 0. The van der Waals surface area contributed by atoms with E-state index in [2.05, 4.69) is 36.1 Å². The lowest BCUT2D eigenvalue weighted by Gasteiger charge is -2.09. The molecule has 0 aliphatic carbocycles. The molecule has 0 spiro atoms. The van der Waals surface area contributed by atoms with Gasteiger partial charge in [-0.3, -0.25) is 4.79 Å². The first-order valence-electron chi connectivity index (χ1n) is 9.69. The number of hydrogen-bond acceptors (Lipinski definition) is 5. The summed E-state index contributed by atoms with van der Waals surface area (Å²) in [6, 6.07) is 15.9. The third kappa shape index (κ3) is 4.07. The number of ether oxygens (including phenoxy) is 1. The van der Waals surface area contributed by atoms with Gasteiger partial charge < -0.3 is 4.74 Å². The van der Waals surface area contributed by atoms with Crippen LogP contribution in [0.15, 0.2) is 53.3 Å². The van der Waals surface area contributed by atoms with Gasteiger partial charge in [0.1, 0.15) is 5.75 Å². The van der Waals surface area contributed by atoms with Crippen molar-refractivity contribution < 1.29 is 4.74 Å². The molecule has 0 atom stereocenters. The number of thiazole rings is 1. The molecule has 0 aliphatic rings. The zero-order chi connectivity index (χ0) is 20.5. The van der Waals surface area contributed by atoms with E-state index in [-0.39, 0.29) is 11.7 Å². The van der Waals surface area contributed by atoms with E-state index in [1.165, 1.54) is 21.4 Å². The molecule has 2 heterocycles. The van der Waals surface area contributed by atoms with Crippen LogP contribution in [0.5, 0.6) is 5.75 Å². The van der Waals surface area contributed by atoms with Crippen molar-refractivity contribution in [2.45, 2.75) is 39.7 Å². The standard InChI is InChI=1S/C23H23N3O2S/c1-14(2)17-7-5-16(6-8-17)13-20-22(27)26-23(29-20)24-21(25-26)18-9-11-19(12-10-18)28-15(3)4/h5-15H,1-4H3. The molecule has 0 amide bonds. The summed E-state index contributed by atoms with van der Waals surface area (Å²) in [6.45, 7) is 8.30. The number of fused-ring (bicyclic) bond motifs is 1. The molecule has 29 heavy (non-hydrogen) atoms. The van der Waals surface area contributed by atoms with Crippen LogP contribution in [0.4, 0.5) is 0 Å². The SMILES string of the molecule is CC(C)Oc1ccc(-c2nc3sc(=Cc4ccc(C(C)C)cc4)c(=O)n3n2)cc1. The highest BCUT2D eigenvalue weighted by Gasteiger charge is 2.12. The summed E-state index contributed by atoms with van der Waals surface area (Å²) in [4.78, 5) is 17.9. The van der Waals surface area contributed by atoms with Crippen molar-refractivity contribution in [2.24, 2.45) is 0 Å². The molecule has 0 radical (unpaired) electrons. The normalized spacial score (nSPS) is 12.4. The molecule has 5 nitrogen and oxygen atoms in total. The van der Waals surface area contributed by atoms with Crippen molar-refractivity contribution in [1.82, 2.24) is 14.6 Å². The predicted octanol–water partition coefficient (Wildman–Crippen LogP) is 4.28. The molecule has 4 aromatic rings. The fraction of sp³-hybridized carbons (Fsp3) is 0.261. The Labute approximate surface area is 173 Å². The van der Waals surface area contributed by atoms with Crippen LogP contribution in [0.3, 0.4) is 0 Å². The van der Waals surface area contributed by atoms with Crippen molar-refractivity contribution in [1.29, 1.82) is 0 Å². The molecular weight excluding hydrogens is 382 g/mol. The van der Waals surface area contributed by atoms with Gasteiger partial charge in [-0.2, -0.15) is 9.50 Å². The Morgan fingerprint density at radius 2 is 1.69 bits per heavy atom. The van der Waals surface area contributed by atoms with Gasteiger partial charge in [-0.1, -0.05) is 49.4 Å². The van der Waals surface area contributed by atoms with Gasteiger partial charge in [0, 0.05) is 5.56 Å². The zero-order valence-corrected chi connectivity index (χ0v) is 17.7. The Balaban J connectivity index is 1.64. The van der Waals surface area contributed by atoms with Gasteiger partial charge in [0.25, 0.3) is 5.56 Å². The van der Waals surface area contributed by atoms with Crippen LogP contribution in [0.2, 0.25) is 0 Å². The molecular formula is C23H23N3O2S. The zero-order valence-electron chi connectivity index (χ0n) is 16.9. The maximum absolute atomic E-state index is 12.7. The quantitative estimate of drug-likeness (QED) is 0.497. The summed E-state index contributed by atoms with van der Waals surface area (Å²) >= 11 is 1.35. The Morgan fingerprint density at radius 1 is 1.00 bits per heavy atom. The molecule has 0 fully saturated rings. The summed E-state index contributed by atoms with van der Waals surface area (Å²) in [5.74, 6) is 1.82. The maximum atomic E-state index is 12.7. The van der Waals surface area contributed by atoms with Gasteiger partial charge in [0.15, 0.2) is 5.82 Å². The fourth-order valence-electron chi connectivity index (χ4n) is 3.04. The van der Waals surface area contributed by atoms with E-state index in [0.29, 0.717) is 21.2 Å². The van der Waals surface area contributed by atoms with Crippen molar-refractivity contribution in [3.63, 3.8) is 0 Å². The molecule has 0 N–H and O–H groups in total. The number of aromatic nitrogens is 3. The second kappa shape index (κ2) is 7.79. The highest BCUT2D eigenvalue weighted by molar-refractivity contribution is 7.15. The Bertz CT molecular complexity index is 1240. The molecule has 2 aromatic carbocycles. The fourth-order valence-corrected chi connectivity index (χ4v) is 3.95. The molecule has 0 bridgehead atoms. The average molecular weight is 406 g/mol. The minimum atomic E-state index is -0.142. The van der Waals surface area contributed by atoms with Crippen molar-refractivity contribution in [3.8, 4) is 17.1 Å². The summed E-state index contributed by atoms with van der Waals surface area (Å²) in [5, 5.41) is 4.42. The highest BCUT2D eigenvalue weighted by Crippen LogP contribution is 2.21. The second-order valence-electron chi connectivity index (χ2n) is 7.56. The predicted molar refractivity (Wildman–Crippen MR) is 118 cm³/mol. The molecule has 148 valence electrons. The van der Waals surface area contributed by atoms with E-state index < -0.39 is 0 Å². The van der Waals surface area contributed by atoms with E-state index in [9.17, 15) is 4.79 Å². The molecule has 0 unspecified atom stereocenters. The number of rotatable bonds is 5. The van der Waals surface area contributed by atoms with Gasteiger partial charge in [-0.25, -0.2) is 0 Å². The molecule has 2 aromatic heterocycles. The average Bonchev–Trinajstić information content (AvgIpc) is 3.22. The van der Waals surface area contributed by atoms with Gasteiger partial charge in [-0.15, -0.1) is 5.10 Å². The van der Waals surface area contributed by atoms with Crippen LogP contribution >= 0.6 is 11.3 Å². The van der Waals surface area contributed by atoms with Crippen LogP contribution in [-0.4, -0.2) is 20.7 Å². The van der Waals surface area contributed by atoms with Crippen LogP contribution in [-0.2, 0) is 0 Å². The molecule has 0 saturated heterocycles. The van der Waals surface area contributed by atoms with Crippen molar-refractivity contribution in [3.05, 3.63) is 74.5 Å². The number of nitrogens with zero attached hydrogens (tertiary/aromatic N) is 3. The first-order chi connectivity index (χ1) is 13.9. The van der Waals surface area contributed by atoms with Gasteiger partial charge in [-0.05, 0) is 61.2 Å². The lowest BCUT2D eigenvalue weighted by molar-refractivity contribution is 0.242. The lowest BCUT2D eigenvalue weighted by Crippen LogP contribution is -2.23. The Morgan fingerprint density at radius 3 is 2.28 bits per heavy atom. The monoisotopic (exact) mass is 405 g/mol. The second-order valence-corrected chi connectivity index (χ2v) is 8.57. The summed E-state index contributed by atoms with van der Waals surface area (Å²) in [5.41, 5.74) is 2.99. The van der Waals surface area contributed by atoms with E-state index in [0.717, 1.165) is 16.9 Å². The highest BCUT2D eigenvalue weighted by atomic mass is 32.1. The van der Waals surface area contributed by atoms with E-state index in [1.54, 1.807) is 0 Å². The minimum Gasteiger partial charge on any atom is -0.491 e. The number of benzene rings is 2. The molecule has 0 saturated carbocycles.